The second-order valence-electron chi connectivity index (χ2n) is 24.3. The molecule has 11 rings (SSSR count). The van der Waals surface area contributed by atoms with E-state index in [1.165, 1.54) is 22.3 Å². The maximum absolute atomic E-state index is 6.80. The number of benzene rings is 8. The van der Waals surface area contributed by atoms with Gasteiger partial charge in [0.15, 0.2) is 0 Å². The second kappa shape index (κ2) is 19.7. The fourth-order valence-corrected chi connectivity index (χ4v) is 10.3. The van der Waals surface area contributed by atoms with Crippen LogP contribution in [0.2, 0.25) is 0 Å². The predicted octanol–water partition coefficient (Wildman–Crippen LogP) is 17.8. The van der Waals surface area contributed by atoms with Crippen molar-refractivity contribution in [2.24, 2.45) is 0 Å². The van der Waals surface area contributed by atoms with E-state index < -0.39 is 0 Å². The van der Waals surface area contributed by atoms with Gasteiger partial charge in [-0.3, -0.25) is 4.57 Å². The Balaban J connectivity index is 0.00000657. The van der Waals surface area contributed by atoms with Gasteiger partial charge in [-0.15, -0.1) is 29.7 Å². The molecule has 0 N–H and O–H groups in total. The van der Waals surface area contributed by atoms with E-state index in [2.05, 4.69) is 273 Å². The summed E-state index contributed by atoms with van der Waals surface area (Å²) in [6.07, 6.45) is 5.85. The van der Waals surface area contributed by atoms with Crippen LogP contribution >= 0.6 is 0 Å². The third-order valence-electron chi connectivity index (χ3n) is 14.7. The standard InChI is InChI=1S/C70H66N4O.Pt/c1-67(2,3)50-32-29-46(30-33-50)47-31-36-62-64(41-47)72(45-73(62)66-57(48-19-15-21-51(39-48)68(4,5)6)26-18-27-58(66)49-20-16-22-52(40-49)69(7,8)9)54-23-17-24-55(43-54)75-56-34-35-60-59-25-13-14-28-61(59)74(63(60)44-56)65-42-53(37-38-71-65)70(10,11)12;/h13-42H,1-12H3;/q-2;. The van der Waals surface area contributed by atoms with Crippen molar-refractivity contribution >= 4 is 32.8 Å². The van der Waals surface area contributed by atoms with Crippen molar-refractivity contribution in [3.05, 3.63) is 223 Å². The molecule has 76 heavy (non-hydrogen) atoms. The summed E-state index contributed by atoms with van der Waals surface area (Å²) in [4.78, 5) is 4.90. The smallest absolute Gasteiger partial charge is 0.268 e. The Kier molecular flexibility index (Phi) is 13.5. The Labute approximate surface area is 464 Å². The molecule has 0 unspecified atom stereocenters. The molecule has 0 bridgehead atoms. The zero-order valence-electron chi connectivity index (χ0n) is 45.8. The average Bonchev–Trinajstić information content (AvgIpc) is 3.96. The largest absolute Gasteiger partial charge is 0.510 e. The summed E-state index contributed by atoms with van der Waals surface area (Å²) in [6.45, 7) is 27.1. The summed E-state index contributed by atoms with van der Waals surface area (Å²) in [5.74, 6) is 1.99. The van der Waals surface area contributed by atoms with Crippen LogP contribution in [-0.2, 0) is 42.7 Å². The zero-order chi connectivity index (χ0) is 52.6. The van der Waals surface area contributed by atoms with Gasteiger partial charge in [0.1, 0.15) is 5.82 Å². The SMILES string of the molecule is CC(C)(C)c1ccc(-c2ccc3c(c2)n(-c2[c-]c(Oc4[c-]c5c(cc4)c4ccccc4n5-c4cc(C(C)(C)C)ccn4)ccc2)[c-][n+]3-c2c(-c3cccc(C(C)(C)C)c3)cccc2-c2cccc(C(C)(C)C)c2)cc1.[Pt]. The van der Waals surface area contributed by atoms with E-state index in [0.29, 0.717) is 11.5 Å². The van der Waals surface area contributed by atoms with E-state index in [0.717, 1.165) is 83.4 Å². The van der Waals surface area contributed by atoms with E-state index in [9.17, 15) is 0 Å². The van der Waals surface area contributed by atoms with Crippen LogP contribution in [0, 0.1) is 18.5 Å². The molecule has 3 aromatic heterocycles. The zero-order valence-corrected chi connectivity index (χ0v) is 48.1. The number of hydrogen-bond acceptors (Lipinski definition) is 2. The van der Waals surface area contributed by atoms with Gasteiger partial charge < -0.3 is 13.9 Å². The summed E-state index contributed by atoms with van der Waals surface area (Å²) in [6, 6.07) is 70.9. The maximum atomic E-state index is 6.80. The molecule has 8 aromatic carbocycles. The molecule has 0 aliphatic carbocycles. The van der Waals surface area contributed by atoms with Crippen LogP contribution in [0.5, 0.6) is 11.5 Å². The van der Waals surface area contributed by atoms with Gasteiger partial charge in [-0.25, -0.2) is 4.98 Å². The van der Waals surface area contributed by atoms with Gasteiger partial charge in [0.25, 0.3) is 6.33 Å². The number of para-hydroxylation sites is 2. The number of fused-ring (bicyclic) bond motifs is 4. The molecular formula is C70H66N4OPt-2. The Morgan fingerprint density at radius 2 is 1.03 bits per heavy atom. The number of aromatic nitrogens is 4. The summed E-state index contributed by atoms with van der Waals surface area (Å²) in [5, 5.41) is 2.21. The van der Waals surface area contributed by atoms with Gasteiger partial charge in [0.2, 0.25) is 0 Å². The number of hydrogen-bond donors (Lipinski definition) is 0. The molecule has 0 aliphatic heterocycles. The molecule has 0 saturated carbocycles. The Morgan fingerprint density at radius 3 is 1.67 bits per heavy atom. The Bertz CT molecular complexity index is 3880. The molecule has 0 fully saturated rings. The van der Waals surface area contributed by atoms with Crippen LogP contribution in [0.1, 0.15) is 105 Å². The minimum atomic E-state index is -0.0436. The first-order valence-corrected chi connectivity index (χ1v) is 26.3. The van der Waals surface area contributed by atoms with Gasteiger partial charge in [-0.2, -0.15) is 18.2 Å². The van der Waals surface area contributed by atoms with Crippen LogP contribution in [0.15, 0.2) is 182 Å². The summed E-state index contributed by atoms with van der Waals surface area (Å²) < 4.78 is 13.4. The number of ether oxygens (including phenoxy) is 1. The van der Waals surface area contributed by atoms with Gasteiger partial charge in [0, 0.05) is 44.3 Å². The first-order valence-electron chi connectivity index (χ1n) is 26.3. The number of imidazole rings is 1. The molecule has 3 heterocycles. The first-order chi connectivity index (χ1) is 35.7. The van der Waals surface area contributed by atoms with E-state index in [1.807, 2.05) is 24.4 Å². The fraction of sp³-hybridized carbons (Fsp3) is 0.229. The van der Waals surface area contributed by atoms with Crippen LogP contribution in [-0.4, -0.2) is 14.1 Å². The molecule has 11 aromatic rings. The van der Waals surface area contributed by atoms with Crippen LogP contribution in [0.3, 0.4) is 0 Å². The van der Waals surface area contributed by atoms with Gasteiger partial charge in [-0.05, 0) is 113 Å². The quantitative estimate of drug-likeness (QED) is 0.112. The molecule has 5 nitrogen and oxygen atoms in total. The van der Waals surface area contributed by atoms with Crippen molar-refractivity contribution in [2.45, 2.75) is 105 Å². The van der Waals surface area contributed by atoms with Crippen molar-refractivity contribution in [1.82, 2.24) is 14.1 Å². The monoisotopic (exact) mass is 1170 g/mol. The molecule has 0 amide bonds. The molecule has 0 aliphatic rings. The van der Waals surface area contributed by atoms with Gasteiger partial charge in [0.05, 0.1) is 16.7 Å². The Hall–Kier alpha value is -7.33. The van der Waals surface area contributed by atoms with Crippen LogP contribution in [0.4, 0.5) is 0 Å². The third-order valence-corrected chi connectivity index (χ3v) is 14.7. The molecule has 0 saturated heterocycles. The van der Waals surface area contributed by atoms with Gasteiger partial charge >= 0.3 is 0 Å². The minimum absolute atomic E-state index is 0. The Morgan fingerprint density at radius 1 is 0.447 bits per heavy atom. The normalized spacial score (nSPS) is 12.4. The van der Waals surface area contributed by atoms with Crippen molar-refractivity contribution < 1.29 is 30.4 Å². The predicted molar refractivity (Wildman–Crippen MR) is 311 cm³/mol. The molecule has 0 spiro atoms. The van der Waals surface area contributed by atoms with E-state index in [-0.39, 0.29) is 42.7 Å². The average molecular weight is 1170 g/mol. The minimum Gasteiger partial charge on any atom is -0.510 e. The molecular weight excluding hydrogens is 1110 g/mol. The molecule has 384 valence electrons. The van der Waals surface area contributed by atoms with Crippen molar-refractivity contribution in [1.29, 1.82) is 0 Å². The molecule has 6 heteroatoms. The third kappa shape index (κ3) is 9.99. The number of rotatable bonds is 8. The number of pyridine rings is 1. The number of nitrogens with zero attached hydrogens (tertiary/aromatic N) is 4. The second-order valence-corrected chi connectivity index (χ2v) is 24.3. The topological polar surface area (TPSA) is 35.9 Å². The maximum Gasteiger partial charge on any atom is 0.268 e. The molecule has 0 atom stereocenters. The van der Waals surface area contributed by atoms with Crippen LogP contribution in [0.25, 0.3) is 83.4 Å². The van der Waals surface area contributed by atoms with Crippen molar-refractivity contribution in [3.63, 3.8) is 0 Å². The van der Waals surface area contributed by atoms with E-state index >= 15 is 0 Å². The summed E-state index contributed by atoms with van der Waals surface area (Å²) >= 11 is 0. The van der Waals surface area contributed by atoms with E-state index in [4.69, 9.17) is 9.72 Å². The van der Waals surface area contributed by atoms with Crippen molar-refractivity contribution in [2.75, 3.05) is 0 Å². The fourth-order valence-electron chi connectivity index (χ4n) is 10.3. The first kappa shape index (κ1) is 52.1. The van der Waals surface area contributed by atoms with Crippen molar-refractivity contribution in [3.8, 4) is 62.1 Å². The summed E-state index contributed by atoms with van der Waals surface area (Å²) in [7, 11) is 0. The summed E-state index contributed by atoms with van der Waals surface area (Å²) in [5.41, 5.74) is 17.6. The van der Waals surface area contributed by atoms with Gasteiger partial charge in [-0.1, -0.05) is 210 Å². The molecule has 0 radical (unpaired) electrons. The van der Waals surface area contributed by atoms with E-state index in [1.54, 1.807) is 0 Å². The van der Waals surface area contributed by atoms with Crippen LogP contribution < -0.4 is 9.30 Å².